The largest absolute Gasteiger partial charge is 0.396 e. The second kappa shape index (κ2) is 4.22. The van der Waals surface area contributed by atoms with Crippen LogP contribution >= 0.6 is 11.3 Å². The molecule has 1 spiro atoms. The van der Waals surface area contributed by atoms with Gasteiger partial charge in [-0.15, -0.1) is 21.5 Å². The summed E-state index contributed by atoms with van der Waals surface area (Å²) in [5, 5.41) is 20.0. The third-order valence-corrected chi connectivity index (χ3v) is 5.82. The first kappa shape index (κ1) is 12.2. The minimum Gasteiger partial charge on any atom is -0.396 e. The molecule has 0 amide bonds. The van der Waals surface area contributed by atoms with Crippen LogP contribution in [0.25, 0.3) is 0 Å². The van der Waals surface area contributed by atoms with Crippen molar-refractivity contribution in [1.29, 1.82) is 0 Å². The summed E-state index contributed by atoms with van der Waals surface area (Å²) in [5.74, 6) is 0.847. The number of aliphatic hydroxyl groups excluding tert-OH is 1. The Hall–Kier alpha value is -0.560. The van der Waals surface area contributed by atoms with Crippen LogP contribution in [-0.4, -0.2) is 51.6 Å². The van der Waals surface area contributed by atoms with Crippen molar-refractivity contribution in [3.63, 3.8) is 0 Å². The summed E-state index contributed by atoms with van der Waals surface area (Å²) >= 11 is 1.67. The smallest absolute Gasteiger partial charge is 0.131 e. The molecule has 3 aliphatic rings. The highest BCUT2D eigenvalue weighted by atomic mass is 32.1. The lowest BCUT2D eigenvalue weighted by molar-refractivity contribution is 0.000364. The third kappa shape index (κ3) is 1.77. The molecule has 104 valence electrons. The zero-order chi connectivity index (χ0) is 13.0. The molecule has 1 aromatic heterocycles. The lowest BCUT2D eigenvalue weighted by Gasteiger charge is -2.28. The summed E-state index contributed by atoms with van der Waals surface area (Å²) in [5.41, 5.74) is 0.0256. The molecule has 5 nitrogen and oxygen atoms in total. The van der Waals surface area contributed by atoms with Crippen LogP contribution in [0.1, 0.15) is 22.9 Å². The van der Waals surface area contributed by atoms with Crippen molar-refractivity contribution < 1.29 is 9.84 Å². The van der Waals surface area contributed by atoms with Crippen LogP contribution in [0, 0.1) is 18.8 Å². The van der Waals surface area contributed by atoms with E-state index in [2.05, 4.69) is 15.1 Å². The Labute approximate surface area is 116 Å². The molecule has 6 heteroatoms. The molecule has 19 heavy (non-hydrogen) atoms. The normalized spacial score (nSPS) is 41.1. The number of fused-ring (bicyclic) bond motifs is 1. The van der Waals surface area contributed by atoms with Gasteiger partial charge in [-0.05, 0) is 19.8 Å². The van der Waals surface area contributed by atoms with Crippen molar-refractivity contribution in [3.05, 3.63) is 10.0 Å². The SMILES string of the molecule is Cc1nnc(CN2C[C@H]3[C@@H](CO)[C@@H]4CC[C@@]3(C2)O4)s1. The molecule has 0 aromatic carbocycles. The van der Waals surface area contributed by atoms with Gasteiger partial charge in [-0.1, -0.05) is 0 Å². The molecule has 0 saturated carbocycles. The van der Waals surface area contributed by atoms with Crippen molar-refractivity contribution in [3.8, 4) is 0 Å². The number of likely N-dealkylation sites (tertiary alicyclic amines) is 1. The Bertz CT molecular complexity index is 494. The van der Waals surface area contributed by atoms with Gasteiger partial charge in [0.25, 0.3) is 0 Å². The molecular weight excluding hydrogens is 262 g/mol. The molecule has 3 saturated heterocycles. The van der Waals surface area contributed by atoms with E-state index >= 15 is 0 Å². The molecule has 2 bridgehead atoms. The quantitative estimate of drug-likeness (QED) is 0.889. The van der Waals surface area contributed by atoms with E-state index in [0.717, 1.165) is 42.5 Å². The van der Waals surface area contributed by atoms with Crippen molar-refractivity contribution >= 4 is 11.3 Å². The standard InChI is InChI=1S/C13H19N3O2S/c1-8-14-15-12(19-8)5-16-4-10-9(6-17)11-2-3-13(10,7-16)18-11/h9-11,17H,2-7H2,1H3/t9-,10+,11+,13+/m1/s1. The fraction of sp³-hybridized carbons (Fsp3) is 0.846. The van der Waals surface area contributed by atoms with E-state index in [0.29, 0.717) is 17.9 Å². The molecule has 0 aliphatic carbocycles. The summed E-state index contributed by atoms with van der Waals surface area (Å²) in [6, 6.07) is 0. The van der Waals surface area contributed by atoms with Crippen LogP contribution in [0.15, 0.2) is 0 Å². The van der Waals surface area contributed by atoms with Gasteiger partial charge in [0, 0.05) is 31.5 Å². The van der Waals surface area contributed by atoms with Crippen LogP contribution in [-0.2, 0) is 11.3 Å². The molecule has 3 aliphatic heterocycles. The highest BCUT2D eigenvalue weighted by molar-refractivity contribution is 7.11. The predicted molar refractivity (Wildman–Crippen MR) is 70.8 cm³/mol. The van der Waals surface area contributed by atoms with Crippen molar-refractivity contribution in [1.82, 2.24) is 15.1 Å². The van der Waals surface area contributed by atoms with Crippen LogP contribution in [0.3, 0.4) is 0 Å². The van der Waals surface area contributed by atoms with E-state index in [1.165, 1.54) is 0 Å². The second-order valence-corrected chi connectivity index (χ2v) is 7.36. The average molecular weight is 281 g/mol. The number of aryl methyl sites for hydroxylation is 1. The molecule has 4 atom stereocenters. The number of aliphatic hydroxyl groups is 1. The van der Waals surface area contributed by atoms with Gasteiger partial charge in [-0.3, -0.25) is 4.90 Å². The van der Waals surface area contributed by atoms with Gasteiger partial charge >= 0.3 is 0 Å². The fourth-order valence-corrected chi connectivity index (χ4v) is 5.00. The van der Waals surface area contributed by atoms with Crippen LogP contribution < -0.4 is 0 Å². The number of rotatable bonds is 3. The predicted octanol–water partition coefficient (Wildman–Crippen LogP) is 0.818. The summed E-state index contributed by atoms with van der Waals surface area (Å²) < 4.78 is 6.23. The Kier molecular flexibility index (Phi) is 2.71. The highest BCUT2D eigenvalue weighted by Crippen LogP contribution is 2.54. The van der Waals surface area contributed by atoms with E-state index in [9.17, 15) is 5.11 Å². The fourth-order valence-electron chi connectivity index (χ4n) is 4.24. The summed E-state index contributed by atoms with van der Waals surface area (Å²) in [4.78, 5) is 2.43. The Morgan fingerprint density at radius 3 is 3.16 bits per heavy atom. The maximum Gasteiger partial charge on any atom is 0.131 e. The number of nitrogens with zero attached hydrogens (tertiary/aromatic N) is 3. The zero-order valence-corrected chi connectivity index (χ0v) is 11.9. The maximum absolute atomic E-state index is 9.59. The van der Waals surface area contributed by atoms with E-state index < -0.39 is 0 Å². The minimum atomic E-state index is 0.0256. The zero-order valence-electron chi connectivity index (χ0n) is 11.1. The van der Waals surface area contributed by atoms with Gasteiger partial charge in [0.2, 0.25) is 0 Å². The van der Waals surface area contributed by atoms with E-state index in [4.69, 9.17) is 4.74 Å². The lowest BCUT2D eigenvalue weighted by Crippen LogP contribution is -2.37. The summed E-state index contributed by atoms with van der Waals surface area (Å²) in [6.07, 6.45) is 2.58. The van der Waals surface area contributed by atoms with Gasteiger partial charge in [0.05, 0.1) is 18.2 Å². The van der Waals surface area contributed by atoms with Crippen LogP contribution in [0.2, 0.25) is 0 Å². The van der Waals surface area contributed by atoms with Gasteiger partial charge in [0.1, 0.15) is 10.0 Å². The molecule has 4 heterocycles. The molecular formula is C13H19N3O2S. The molecule has 0 radical (unpaired) electrons. The van der Waals surface area contributed by atoms with Crippen molar-refractivity contribution in [2.75, 3.05) is 19.7 Å². The Balaban J connectivity index is 1.51. The Morgan fingerprint density at radius 1 is 1.53 bits per heavy atom. The molecule has 4 rings (SSSR count). The molecule has 3 fully saturated rings. The number of aromatic nitrogens is 2. The van der Waals surface area contributed by atoms with Crippen molar-refractivity contribution in [2.45, 2.75) is 38.0 Å². The average Bonchev–Trinajstić information content (AvgIpc) is 3.08. The van der Waals surface area contributed by atoms with Gasteiger partial charge < -0.3 is 9.84 Å². The van der Waals surface area contributed by atoms with Gasteiger partial charge in [-0.25, -0.2) is 0 Å². The summed E-state index contributed by atoms with van der Waals surface area (Å²) in [7, 11) is 0. The first-order valence-electron chi connectivity index (χ1n) is 7.00. The second-order valence-electron chi connectivity index (χ2n) is 6.10. The number of ether oxygens (including phenoxy) is 1. The molecule has 1 aromatic rings. The molecule has 0 unspecified atom stereocenters. The van der Waals surface area contributed by atoms with Crippen molar-refractivity contribution in [2.24, 2.45) is 11.8 Å². The Morgan fingerprint density at radius 2 is 2.42 bits per heavy atom. The topological polar surface area (TPSA) is 58.5 Å². The monoisotopic (exact) mass is 281 g/mol. The van der Waals surface area contributed by atoms with Gasteiger partial charge in [-0.2, -0.15) is 0 Å². The highest BCUT2D eigenvalue weighted by Gasteiger charge is 2.62. The van der Waals surface area contributed by atoms with E-state index in [1.807, 2.05) is 6.92 Å². The summed E-state index contributed by atoms with van der Waals surface area (Å²) in [6.45, 7) is 5.15. The third-order valence-electron chi connectivity index (χ3n) is 4.99. The van der Waals surface area contributed by atoms with E-state index in [1.54, 1.807) is 11.3 Å². The number of hydrogen-bond donors (Lipinski definition) is 1. The van der Waals surface area contributed by atoms with E-state index in [-0.39, 0.29) is 12.2 Å². The van der Waals surface area contributed by atoms with Gasteiger partial charge in [0.15, 0.2) is 0 Å². The van der Waals surface area contributed by atoms with Crippen LogP contribution in [0.5, 0.6) is 0 Å². The van der Waals surface area contributed by atoms with Crippen LogP contribution in [0.4, 0.5) is 0 Å². The number of hydrogen-bond acceptors (Lipinski definition) is 6. The molecule has 1 N–H and O–H groups in total. The first-order valence-corrected chi connectivity index (χ1v) is 7.82. The lowest BCUT2D eigenvalue weighted by atomic mass is 9.74. The first-order chi connectivity index (χ1) is 9.20. The minimum absolute atomic E-state index is 0.0256. The maximum atomic E-state index is 9.59.